The number of benzene rings is 2. The van der Waals surface area contributed by atoms with Gasteiger partial charge in [-0.1, -0.05) is 36.4 Å². The van der Waals surface area contributed by atoms with Crippen molar-refractivity contribution >= 4 is 16.8 Å². The molecule has 5 nitrogen and oxygen atoms in total. The average molecular weight is 369 g/mol. The van der Waals surface area contributed by atoms with Crippen LogP contribution in [-0.2, 0) is 6.54 Å². The molecule has 0 bridgehead atoms. The minimum atomic E-state index is -0.153. The molecule has 0 fully saturated rings. The summed E-state index contributed by atoms with van der Waals surface area (Å²) in [7, 11) is 0. The van der Waals surface area contributed by atoms with Crippen LogP contribution in [0.1, 0.15) is 21.6 Å². The van der Waals surface area contributed by atoms with Crippen LogP contribution < -0.4 is 10.1 Å². The Hall–Kier alpha value is -3.73. The van der Waals surface area contributed by atoms with Gasteiger partial charge in [0.05, 0.1) is 11.1 Å². The third-order valence-corrected chi connectivity index (χ3v) is 4.32. The van der Waals surface area contributed by atoms with E-state index in [0.29, 0.717) is 29.3 Å². The first-order chi connectivity index (χ1) is 13.7. The molecule has 0 aliphatic rings. The fourth-order valence-corrected chi connectivity index (χ4v) is 2.95. The van der Waals surface area contributed by atoms with Crippen molar-refractivity contribution in [3.8, 4) is 11.6 Å². The lowest BCUT2D eigenvalue weighted by atomic mass is 10.1. The van der Waals surface area contributed by atoms with Crippen molar-refractivity contribution < 1.29 is 9.53 Å². The fourth-order valence-electron chi connectivity index (χ4n) is 2.95. The summed E-state index contributed by atoms with van der Waals surface area (Å²) in [6.45, 7) is 2.31. The Morgan fingerprint density at radius 1 is 1.00 bits per heavy atom. The van der Waals surface area contributed by atoms with Gasteiger partial charge in [0.15, 0.2) is 0 Å². The van der Waals surface area contributed by atoms with Gasteiger partial charge >= 0.3 is 0 Å². The normalized spacial score (nSPS) is 10.6. The van der Waals surface area contributed by atoms with E-state index in [1.54, 1.807) is 18.3 Å². The Morgan fingerprint density at radius 2 is 1.89 bits per heavy atom. The molecule has 0 saturated heterocycles. The molecule has 0 aliphatic carbocycles. The number of carbonyl (C=O) groups excluding carboxylic acids is 1. The van der Waals surface area contributed by atoms with E-state index in [-0.39, 0.29) is 5.91 Å². The van der Waals surface area contributed by atoms with E-state index in [2.05, 4.69) is 15.3 Å². The van der Waals surface area contributed by atoms with E-state index in [1.807, 2.05) is 67.6 Å². The van der Waals surface area contributed by atoms with Crippen LogP contribution in [-0.4, -0.2) is 15.9 Å². The highest BCUT2D eigenvalue weighted by molar-refractivity contribution is 6.05. The van der Waals surface area contributed by atoms with E-state index >= 15 is 0 Å². The molecule has 28 heavy (non-hydrogen) atoms. The smallest absolute Gasteiger partial charge is 0.253 e. The number of carbonyl (C=O) groups is 1. The predicted octanol–water partition coefficient (Wildman–Crippen LogP) is 4.66. The van der Waals surface area contributed by atoms with Crippen molar-refractivity contribution in [2.24, 2.45) is 0 Å². The predicted molar refractivity (Wildman–Crippen MR) is 108 cm³/mol. The average Bonchev–Trinajstić information content (AvgIpc) is 2.72. The third-order valence-electron chi connectivity index (χ3n) is 4.32. The maximum atomic E-state index is 12.7. The fraction of sp³-hybridized carbons (Fsp3) is 0.0870. The van der Waals surface area contributed by atoms with Crippen LogP contribution in [0.25, 0.3) is 10.9 Å². The molecule has 138 valence electrons. The summed E-state index contributed by atoms with van der Waals surface area (Å²) < 4.78 is 5.75. The molecule has 0 aliphatic heterocycles. The Bertz CT molecular complexity index is 1130. The van der Waals surface area contributed by atoms with Crippen molar-refractivity contribution in [1.29, 1.82) is 0 Å². The van der Waals surface area contributed by atoms with Crippen molar-refractivity contribution in [1.82, 2.24) is 15.3 Å². The number of aryl methyl sites for hydroxylation is 1. The highest BCUT2D eigenvalue weighted by Gasteiger charge is 2.11. The van der Waals surface area contributed by atoms with Crippen molar-refractivity contribution in [3.05, 3.63) is 95.8 Å². The van der Waals surface area contributed by atoms with Gasteiger partial charge < -0.3 is 10.1 Å². The number of rotatable bonds is 5. The molecule has 4 rings (SSSR count). The molecule has 1 amide bonds. The number of fused-ring (bicyclic) bond motifs is 1. The quantitative estimate of drug-likeness (QED) is 0.556. The highest BCUT2D eigenvalue weighted by atomic mass is 16.5. The number of pyridine rings is 2. The van der Waals surface area contributed by atoms with Gasteiger partial charge in [0.25, 0.3) is 5.91 Å². The van der Waals surface area contributed by atoms with Crippen LogP contribution in [0, 0.1) is 6.92 Å². The van der Waals surface area contributed by atoms with Gasteiger partial charge in [-0.15, -0.1) is 0 Å². The zero-order chi connectivity index (χ0) is 19.3. The molecule has 2 heterocycles. The van der Waals surface area contributed by atoms with Gasteiger partial charge in [-0.25, -0.2) is 4.98 Å². The monoisotopic (exact) mass is 369 g/mol. The summed E-state index contributed by atoms with van der Waals surface area (Å²) in [4.78, 5) is 21.4. The van der Waals surface area contributed by atoms with E-state index in [0.717, 1.165) is 16.6 Å². The Kier molecular flexibility index (Phi) is 4.97. The van der Waals surface area contributed by atoms with Crippen LogP contribution in [0.5, 0.6) is 11.6 Å². The third kappa shape index (κ3) is 3.99. The Morgan fingerprint density at radius 3 is 2.75 bits per heavy atom. The number of hydrogen-bond acceptors (Lipinski definition) is 4. The molecule has 2 aromatic carbocycles. The largest absolute Gasteiger partial charge is 0.439 e. The molecule has 4 aromatic rings. The maximum absolute atomic E-state index is 12.7. The minimum Gasteiger partial charge on any atom is -0.439 e. The second kappa shape index (κ2) is 7.88. The molecule has 5 heteroatoms. The lowest BCUT2D eigenvalue weighted by Gasteiger charge is -2.10. The number of nitrogens with zero attached hydrogens (tertiary/aromatic N) is 2. The highest BCUT2D eigenvalue weighted by Crippen LogP contribution is 2.21. The van der Waals surface area contributed by atoms with Crippen LogP contribution >= 0.6 is 0 Å². The summed E-state index contributed by atoms with van der Waals surface area (Å²) in [5, 5.41) is 3.92. The molecule has 1 N–H and O–H groups in total. The van der Waals surface area contributed by atoms with Crippen LogP contribution in [0.3, 0.4) is 0 Å². The summed E-state index contributed by atoms with van der Waals surface area (Å²) in [5.41, 5.74) is 3.10. The van der Waals surface area contributed by atoms with E-state index in [4.69, 9.17) is 4.74 Å². The molecular weight excluding hydrogens is 350 g/mol. The first kappa shape index (κ1) is 17.7. The number of ether oxygens (including phenoxy) is 1. The second-order valence-electron chi connectivity index (χ2n) is 6.43. The van der Waals surface area contributed by atoms with E-state index < -0.39 is 0 Å². The van der Waals surface area contributed by atoms with E-state index in [9.17, 15) is 4.79 Å². The van der Waals surface area contributed by atoms with Crippen LogP contribution in [0.4, 0.5) is 0 Å². The zero-order valence-corrected chi connectivity index (χ0v) is 15.4. The SMILES string of the molecule is Cc1ccc2cccc(C(=O)NCc3cccc(Oc4ccccn4)c3)c2n1. The van der Waals surface area contributed by atoms with Gasteiger partial charge in [0, 0.05) is 29.9 Å². The number of amides is 1. The first-order valence-corrected chi connectivity index (χ1v) is 9.01. The summed E-state index contributed by atoms with van der Waals surface area (Å²) >= 11 is 0. The molecule has 0 atom stereocenters. The minimum absolute atomic E-state index is 0.153. The zero-order valence-electron chi connectivity index (χ0n) is 15.4. The lowest BCUT2D eigenvalue weighted by molar-refractivity contribution is 0.0952. The van der Waals surface area contributed by atoms with Gasteiger partial charge in [-0.05, 0) is 42.8 Å². The summed E-state index contributed by atoms with van der Waals surface area (Å²) in [6.07, 6.45) is 1.68. The number of para-hydroxylation sites is 1. The van der Waals surface area contributed by atoms with Crippen molar-refractivity contribution in [2.45, 2.75) is 13.5 Å². The van der Waals surface area contributed by atoms with Crippen LogP contribution in [0.2, 0.25) is 0 Å². The van der Waals surface area contributed by atoms with Gasteiger partial charge in [-0.3, -0.25) is 9.78 Å². The lowest BCUT2D eigenvalue weighted by Crippen LogP contribution is -2.23. The van der Waals surface area contributed by atoms with Crippen LogP contribution in [0.15, 0.2) is 79.0 Å². The standard InChI is InChI=1S/C23H19N3O2/c1-16-11-12-18-7-5-9-20(22(18)26-16)23(27)25-15-17-6-4-8-19(14-17)28-21-10-2-3-13-24-21/h2-14H,15H2,1H3,(H,25,27). The van der Waals surface area contributed by atoms with E-state index in [1.165, 1.54) is 0 Å². The first-order valence-electron chi connectivity index (χ1n) is 9.01. The maximum Gasteiger partial charge on any atom is 0.253 e. The topological polar surface area (TPSA) is 64.1 Å². The Labute approximate surface area is 163 Å². The van der Waals surface area contributed by atoms with Crippen molar-refractivity contribution in [3.63, 3.8) is 0 Å². The van der Waals surface area contributed by atoms with Gasteiger partial charge in [0.2, 0.25) is 5.88 Å². The summed E-state index contributed by atoms with van der Waals surface area (Å²) in [5.74, 6) is 1.05. The molecule has 0 saturated carbocycles. The number of nitrogens with one attached hydrogen (secondary N) is 1. The number of aromatic nitrogens is 2. The molecule has 2 aromatic heterocycles. The molecular formula is C23H19N3O2. The second-order valence-corrected chi connectivity index (χ2v) is 6.43. The van der Waals surface area contributed by atoms with Crippen molar-refractivity contribution in [2.75, 3.05) is 0 Å². The summed E-state index contributed by atoms with van der Waals surface area (Å²) in [6, 6.07) is 22.6. The van der Waals surface area contributed by atoms with Gasteiger partial charge in [-0.2, -0.15) is 0 Å². The van der Waals surface area contributed by atoms with Gasteiger partial charge in [0.1, 0.15) is 5.75 Å². The number of hydrogen-bond donors (Lipinski definition) is 1. The molecule has 0 unspecified atom stereocenters. The Balaban J connectivity index is 1.48. The molecule has 0 radical (unpaired) electrons. The molecule has 0 spiro atoms.